The monoisotopic (exact) mass is 333 g/mol. The predicted octanol–water partition coefficient (Wildman–Crippen LogP) is 1.30. The molecule has 0 spiro atoms. The minimum atomic E-state index is -0.494. The van der Waals surface area contributed by atoms with Crippen LogP contribution in [0.5, 0.6) is 0 Å². The summed E-state index contributed by atoms with van der Waals surface area (Å²) in [7, 11) is 2.03. The van der Waals surface area contributed by atoms with Crippen LogP contribution in [0.25, 0.3) is 0 Å². The Morgan fingerprint density at radius 2 is 2.26 bits per heavy atom. The third-order valence-electron chi connectivity index (χ3n) is 3.97. The van der Waals surface area contributed by atoms with Gasteiger partial charge in [0, 0.05) is 30.7 Å². The van der Waals surface area contributed by atoms with Crippen molar-refractivity contribution < 1.29 is 9.59 Å². The van der Waals surface area contributed by atoms with Crippen LogP contribution in [-0.2, 0) is 19.5 Å². The van der Waals surface area contributed by atoms with Crippen molar-refractivity contribution in [2.24, 2.45) is 5.73 Å². The molecule has 1 aliphatic rings. The molecule has 0 saturated carbocycles. The molecule has 8 heteroatoms. The zero-order valence-electron chi connectivity index (χ0n) is 13.1. The number of nitrogens with one attached hydrogen (secondary N) is 1. The number of thiophene rings is 1. The van der Waals surface area contributed by atoms with E-state index in [1.807, 2.05) is 14.0 Å². The second-order valence-electron chi connectivity index (χ2n) is 5.55. The van der Waals surface area contributed by atoms with Gasteiger partial charge < -0.3 is 16.0 Å². The fourth-order valence-corrected chi connectivity index (χ4v) is 4.15. The van der Waals surface area contributed by atoms with Gasteiger partial charge in [0.15, 0.2) is 0 Å². The van der Waals surface area contributed by atoms with E-state index in [9.17, 15) is 9.59 Å². The van der Waals surface area contributed by atoms with Crippen LogP contribution in [0.2, 0.25) is 0 Å². The number of hydrogen-bond acceptors (Lipinski definition) is 5. The number of fused-ring (bicyclic) bond motifs is 1. The number of amides is 2. The number of nitrogens with two attached hydrogens (primary N) is 1. The highest BCUT2D eigenvalue weighted by Gasteiger charge is 2.27. The maximum atomic E-state index is 12.5. The van der Waals surface area contributed by atoms with Gasteiger partial charge in [-0.15, -0.1) is 11.3 Å². The number of primary amides is 1. The summed E-state index contributed by atoms with van der Waals surface area (Å²) in [4.78, 5) is 27.6. The first-order chi connectivity index (χ1) is 11.0. The number of nitrogens with zero attached hydrogens (tertiary/aromatic N) is 3. The standard InChI is InChI=1S/C15H19N5O2S/c1-3-20-10(4-6-17-20)14(22)18-15-12(13(16)21)9-5-7-19(2)8-11(9)23-15/h4,6H,3,5,7-8H2,1-2H3,(H2,16,21)(H,18,22). The first-order valence-electron chi connectivity index (χ1n) is 7.47. The van der Waals surface area contributed by atoms with Crippen molar-refractivity contribution in [1.29, 1.82) is 0 Å². The molecule has 0 atom stereocenters. The molecule has 3 rings (SSSR count). The minimum absolute atomic E-state index is 0.279. The molecule has 0 aromatic carbocycles. The van der Waals surface area contributed by atoms with E-state index in [-0.39, 0.29) is 5.91 Å². The Hall–Kier alpha value is -2.19. The van der Waals surface area contributed by atoms with Gasteiger partial charge in [0.05, 0.1) is 5.56 Å². The molecule has 0 bridgehead atoms. The lowest BCUT2D eigenvalue weighted by Crippen LogP contribution is -2.27. The zero-order valence-corrected chi connectivity index (χ0v) is 13.9. The van der Waals surface area contributed by atoms with Crippen molar-refractivity contribution in [2.75, 3.05) is 18.9 Å². The van der Waals surface area contributed by atoms with Crippen molar-refractivity contribution in [3.63, 3.8) is 0 Å². The average Bonchev–Trinajstić information content (AvgIpc) is 3.09. The number of carbonyl (C=O) groups excluding carboxylic acids is 2. The van der Waals surface area contributed by atoms with Gasteiger partial charge in [-0.2, -0.15) is 5.10 Å². The second-order valence-corrected chi connectivity index (χ2v) is 6.65. The zero-order chi connectivity index (χ0) is 16.6. The summed E-state index contributed by atoms with van der Waals surface area (Å²) in [6.45, 7) is 4.16. The molecule has 2 aromatic heterocycles. The van der Waals surface area contributed by atoms with Gasteiger partial charge in [0.1, 0.15) is 10.7 Å². The third-order valence-corrected chi connectivity index (χ3v) is 5.10. The smallest absolute Gasteiger partial charge is 0.274 e. The van der Waals surface area contributed by atoms with E-state index in [1.54, 1.807) is 16.9 Å². The van der Waals surface area contributed by atoms with Crippen molar-refractivity contribution in [1.82, 2.24) is 14.7 Å². The Morgan fingerprint density at radius 3 is 2.96 bits per heavy atom. The Kier molecular flexibility index (Phi) is 4.18. The van der Waals surface area contributed by atoms with E-state index in [0.29, 0.717) is 22.8 Å². The summed E-state index contributed by atoms with van der Waals surface area (Å²) in [5.41, 5.74) is 7.44. The summed E-state index contributed by atoms with van der Waals surface area (Å²) >= 11 is 1.43. The van der Waals surface area contributed by atoms with E-state index in [0.717, 1.165) is 30.0 Å². The van der Waals surface area contributed by atoms with Gasteiger partial charge in [0.2, 0.25) is 0 Å². The number of likely N-dealkylation sites (N-methyl/N-ethyl adjacent to an activating group) is 1. The Labute approximate surface area is 138 Å². The largest absolute Gasteiger partial charge is 0.365 e. The van der Waals surface area contributed by atoms with Crippen molar-refractivity contribution in [3.05, 3.63) is 34.0 Å². The van der Waals surface area contributed by atoms with Crippen LogP contribution < -0.4 is 11.1 Å². The van der Waals surface area contributed by atoms with Gasteiger partial charge in [-0.1, -0.05) is 0 Å². The number of anilines is 1. The lowest BCUT2D eigenvalue weighted by Gasteiger charge is -2.22. The third kappa shape index (κ3) is 2.87. The SMILES string of the molecule is CCn1nccc1C(=O)Nc1sc2c(c1C(N)=O)CCN(C)C2. The maximum absolute atomic E-state index is 12.5. The number of aromatic nitrogens is 2. The molecule has 0 unspecified atom stereocenters. The first-order valence-corrected chi connectivity index (χ1v) is 8.29. The van der Waals surface area contributed by atoms with E-state index in [1.165, 1.54) is 11.3 Å². The summed E-state index contributed by atoms with van der Waals surface area (Å²) < 4.78 is 1.61. The normalized spacial score (nSPS) is 14.5. The summed E-state index contributed by atoms with van der Waals surface area (Å²) in [6.07, 6.45) is 2.35. The highest BCUT2D eigenvalue weighted by Crippen LogP contribution is 2.36. The van der Waals surface area contributed by atoms with Crippen molar-refractivity contribution in [3.8, 4) is 0 Å². The topological polar surface area (TPSA) is 93.2 Å². The van der Waals surface area contributed by atoms with Crippen LogP contribution >= 0.6 is 11.3 Å². The molecule has 122 valence electrons. The number of aryl methyl sites for hydroxylation is 1. The lowest BCUT2D eigenvalue weighted by atomic mass is 10.0. The van der Waals surface area contributed by atoms with Crippen LogP contribution in [0.15, 0.2) is 12.3 Å². The Bertz CT molecular complexity index is 764. The lowest BCUT2D eigenvalue weighted by molar-refractivity contribution is 0.1000. The average molecular weight is 333 g/mol. The van der Waals surface area contributed by atoms with Crippen molar-refractivity contribution in [2.45, 2.75) is 26.4 Å². The molecule has 0 saturated heterocycles. The Balaban J connectivity index is 1.94. The second kappa shape index (κ2) is 6.13. The Morgan fingerprint density at radius 1 is 1.48 bits per heavy atom. The molecular formula is C15H19N5O2S. The maximum Gasteiger partial charge on any atom is 0.274 e. The number of rotatable bonds is 4. The molecule has 3 heterocycles. The molecule has 2 amide bonds. The van der Waals surface area contributed by atoms with Crippen molar-refractivity contribution >= 4 is 28.2 Å². The molecule has 0 radical (unpaired) electrons. The summed E-state index contributed by atoms with van der Waals surface area (Å²) in [5, 5.41) is 7.47. The molecule has 3 N–H and O–H groups in total. The highest BCUT2D eigenvalue weighted by atomic mass is 32.1. The van der Waals surface area contributed by atoms with Gasteiger partial charge in [-0.05, 0) is 32.0 Å². The van der Waals surface area contributed by atoms with Gasteiger partial charge >= 0.3 is 0 Å². The molecule has 2 aromatic rings. The highest BCUT2D eigenvalue weighted by molar-refractivity contribution is 7.17. The quantitative estimate of drug-likeness (QED) is 0.882. The summed E-state index contributed by atoms with van der Waals surface area (Å²) in [6, 6.07) is 1.66. The number of hydrogen-bond donors (Lipinski definition) is 2. The fourth-order valence-electron chi connectivity index (χ4n) is 2.82. The molecule has 23 heavy (non-hydrogen) atoms. The molecule has 0 aliphatic carbocycles. The van der Waals surface area contributed by atoms with Gasteiger partial charge in [0.25, 0.3) is 11.8 Å². The van der Waals surface area contributed by atoms with Gasteiger partial charge in [-0.25, -0.2) is 0 Å². The van der Waals surface area contributed by atoms with Crippen LogP contribution in [0.1, 0.15) is 38.2 Å². The molecule has 1 aliphatic heterocycles. The molecule has 0 fully saturated rings. The minimum Gasteiger partial charge on any atom is -0.365 e. The number of carbonyl (C=O) groups is 2. The molecular weight excluding hydrogens is 314 g/mol. The van der Waals surface area contributed by atoms with E-state index in [2.05, 4.69) is 15.3 Å². The van der Waals surface area contributed by atoms with Gasteiger partial charge in [-0.3, -0.25) is 14.3 Å². The van der Waals surface area contributed by atoms with Crippen LogP contribution in [0.4, 0.5) is 5.00 Å². The molecule has 7 nitrogen and oxygen atoms in total. The van der Waals surface area contributed by atoms with Crippen LogP contribution in [-0.4, -0.2) is 40.1 Å². The van der Waals surface area contributed by atoms with E-state index in [4.69, 9.17) is 5.73 Å². The van der Waals surface area contributed by atoms with Crippen LogP contribution in [0, 0.1) is 0 Å². The summed E-state index contributed by atoms with van der Waals surface area (Å²) in [5.74, 6) is -0.773. The fraction of sp³-hybridized carbons (Fsp3) is 0.400. The first kappa shape index (κ1) is 15.7. The predicted molar refractivity (Wildman–Crippen MR) is 88.7 cm³/mol. The van der Waals surface area contributed by atoms with E-state index >= 15 is 0 Å². The van der Waals surface area contributed by atoms with Crippen LogP contribution in [0.3, 0.4) is 0 Å². The van der Waals surface area contributed by atoms with E-state index < -0.39 is 5.91 Å².